The van der Waals surface area contributed by atoms with Gasteiger partial charge in [-0.2, -0.15) is 11.8 Å². The number of aromatic nitrogens is 1. The number of hydrogen-bond acceptors (Lipinski definition) is 19. The third kappa shape index (κ3) is 26.1. The lowest BCUT2D eigenvalue weighted by molar-refractivity contribution is -0.146. The molecule has 4 heterocycles. The molecule has 0 aliphatic carbocycles. The van der Waals surface area contributed by atoms with Gasteiger partial charge < -0.3 is 55.9 Å². The number of esters is 1. The number of nitrogens with zero attached hydrogens (tertiary/aromatic N) is 8. The van der Waals surface area contributed by atoms with E-state index < -0.39 is 103 Å². The number of alkyl halides is 2. The average Bonchev–Trinajstić information content (AvgIpc) is 1.20. The molecule has 6 amide bonds. The number of hydrogen-bond donors (Lipinski definition) is 7. The minimum Gasteiger partial charge on any atom is -0.494 e. The SMILES string of the molecule is CN=C[C@H]1CC(F)(F)CN1C(=O)CNC(=O)c1ccnc2ccc(OCCCCC3CCN(C(=O)[C@H](CC(=O)OC)NC(=O)[C@H](CSCCNC(=O)CCCc4ccc(C)cc4)NC(=O)CN4CCN(CC(=O)O)CCN(CC(=O)O)CCN(CC(=O)O)CC4)CC3)cc12. The number of nitrogens with one attached hydrogen (secondary N) is 4. The quantitative estimate of drug-likeness (QED) is 0.0260. The fourth-order valence-electron chi connectivity index (χ4n) is 11.5. The van der Waals surface area contributed by atoms with Gasteiger partial charge in [0.05, 0.1) is 76.5 Å². The number of benzene rings is 2. The number of amides is 6. The average molecular weight is 1340 g/mol. The third-order valence-electron chi connectivity index (χ3n) is 16.6. The summed E-state index contributed by atoms with van der Waals surface area (Å²) < 4.78 is 39.4. The van der Waals surface area contributed by atoms with Crippen molar-refractivity contribution in [3.05, 3.63) is 71.4 Å². The van der Waals surface area contributed by atoms with Gasteiger partial charge in [0.1, 0.15) is 17.8 Å². The summed E-state index contributed by atoms with van der Waals surface area (Å²) in [6.45, 7) is 1.86. The number of unbranched alkanes of at least 4 members (excludes halogenated alkanes) is 1. The number of likely N-dealkylation sites (tertiary alicyclic amines) is 2. The highest BCUT2D eigenvalue weighted by Crippen LogP contribution is 2.32. The van der Waals surface area contributed by atoms with E-state index in [4.69, 9.17) is 9.47 Å². The third-order valence-corrected chi connectivity index (χ3v) is 17.7. The first-order valence-electron chi connectivity index (χ1n) is 31.8. The summed E-state index contributed by atoms with van der Waals surface area (Å²) in [6, 6.07) is 11.2. The van der Waals surface area contributed by atoms with Crippen LogP contribution in [-0.4, -0.2) is 283 Å². The van der Waals surface area contributed by atoms with Crippen LogP contribution in [0.5, 0.6) is 5.75 Å². The molecule has 30 heteroatoms. The molecule has 3 aromatic rings. The van der Waals surface area contributed by atoms with Crippen molar-refractivity contribution in [3.8, 4) is 5.75 Å². The van der Waals surface area contributed by atoms with Gasteiger partial charge in [-0.1, -0.05) is 36.2 Å². The number of halogens is 2. The van der Waals surface area contributed by atoms with Gasteiger partial charge in [0.15, 0.2) is 0 Å². The number of pyridine rings is 1. The number of carbonyl (C=O) groups is 10. The molecule has 7 N–H and O–H groups in total. The van der Waals surface area contributed by atoms with Gasteiger partial charge >= 0.3 is 23.9 Å². The first-order chi connectivity index (χ1) is 45.0. The number of thioether (sulfide) groups is 1. The van der Waals surface area contributed by atoms with E-state index in [2.05, 4.69) is 31.2 Å². The van der Waals surface area contributed by atoms with Crippen molar-refractivity contribution >= 4 is 88.2 Å². The Balaban J connectivity index is 1.04. The van der Waals surface area contributed by atoms with Crippen molar-refractivity contribution < 1.29 is 81.5 Å². The van der Waals surface area contributed by atoms with Crippen LogP contribution in [0.3, 0.4) is 0 Å². The summed E-state index contributed by atoms with van der Waals surface area (Å²) in [5.74, 6) is -9.39. The molecule has 0 radical (unpaired) electrons. The number of rotatable bonds is 33. The summed E-state index contributed by atoms with van der Waals surface area (Å²) in [5.41, 5.74) is 2.99. The predicted molar refractivity (Wildman–Crippen MR) is 346 cm³/mol. The molecule has 1 aromatic heterocycles. The van der Waals surface area contributed by atoms with Crippen LogP contribution in [0.25, 0.3) is 10.9 Å². The number of aryl methyl sites for hydroxylation is 2. The molecule has 2 aromatic carbocycles. The Labute approximate surface area is 550 Å². The highest BCUT2D eigenvalue weighted by atomic mass is 32.2. The molecule has 0 spiro atoms. The van der Waals surface area contributed by atoms with Gasteiger partial charge in [0.2, 0.25) is 29.5 Å². The van der Waals surface area contributed by atoms with Crippen LogP contribution >= 0.6 is 11.8 Å². The topological polar surface area (TPSA) is 343 Å². The molecule has 0 unspecified atom stereocenters. The fraction of sp³-hybridized carbons (Fsp3) is 0.594. The summed E-state index contributed by atoms with van der Waals surface area (Å²) in [7, 11) is 2.60. The molecule has 3 aliphatic heterocycles. The maximum atomic E-state index is 14.5. The number of carboxylic acids is 3. The minimum atomic E-state index is -3.07. The molecule has 94 heavy (non-hydrogen) atoms. The highest BCUT2D eigenvalue weighted by Gasteiger charge is 2.46. The Morgan fingerprint density at radius 3 is 1.97 bits per heavy atom. The molecular weight excluding hydrogens is 1250 g/mol. The summed E-state index contributed by atoms with van der Waals surface area (Å²) in [5, 5.41) is 40.5. The van der Waals surface area contributed by atoms with Crippen LogP contribution in [0.4, 0.5) is 8.78 Å². The minimum absolute atomic E-state index is 0.0160. The van der Waals surface area contributed by atoms with Gasteiger partial charge in [-0.05, 0) is 81.2 Å². The number of fused-ring (bicyclic) bond motifs is 1. The molecule has 3 fully saturated rings. The van der Waals surface area contributed by atoms with E-state index in [1.165, 1.54) is 37.3 Å². The lowest BCUT2D eigenvalue weighted by Crippen LogP contribution is -2.57. The standard InChI is InChI=1S/C64H90F2N12O15S/c1-44-10-12-45(13-11-44)8-6-9-54(79)69-20-32-94-42-53(71-55(80)38-73-23-25-74(39-57(82)83)27-29-76(41-59(86)87)30-28-75(26-24-73)40-58(84)85)62(90)72-52(34-60(88)92-3)63(91)77-21-17-46(18-22-77)7-4-5-31-93-48-14-15-51-50(33-48)49(16-19-68-51)61(89)70-37-56(81)78-43-64(65,66)35-47(78)36-67-2/h10-16,19,33,36,46-47,52-53H,4-9,17-18,20-32,34-35,37-43H2,1-3H3,(H,69,79)(H,70,89)(H,71,80)(H,72,90)(H,82,83)(H,84,85)(H,86,87)/t47-,52+,53+/m1/s1. The molecule has 3 atom stereocenters. The summed E-state index contributed by atoms with van der Waals surface area (Å²) >= 11 is 1.26. The number of piperidine rings is 1. The van der Waals surface area contributed by atoms with Crippen molar-refractivity contribution in [2.24, 2.45) is 10.9 Å². The second-order valence-electron chi connectivity index (χ2n) is 23.9. The van der Waals surface area contributed by atoms with Crippen LogP contribution < -0.4 is 26.0 Å². The largest absolute Gasteiger partial charge is 0.494 e. The van der Waals surface area contributed by atoms with Crippen LogP contribution in [0, 0.1) is 12.8 Å². The molecule has 0 saturated carbocycles. The summed E-state index contributed by atoms with van der Waals surface area (Å²) in [6.07, 6.45) is 6.93. The van der Waals surface area contributed by atoms with E-state index in [0.717, 1.165) is 42.4 Å². The van der Waals surface area contributed by atoms with Crippen molar-refractivity contribution in [1.82, 2.24) is 55.7 Å². The number of carboxylic acid groups (broad SMARTS) is 3. The monoisotopic (exact) mass is 1340 g/mol. The van der Waals surface area contributed by atoms with Crippen LogP contribution in [0.2, 0.25) is 0 Å². The van der Waals surface area contributed by atoms with Gasteiger partial charge in [-0.15, -0.1) is 0 Å². The Hall–Kier alpha value is -7.93. The Morgan fingerprint density at radius 1 is 0.755 bits per heavy atom. The van der Waals surface area contributed by atoms with Gasteiger partial charge in [-0.3, -0.25) is 77.5 Å². The van der Waals surface area contributed by atoms with Gasteiger partial charge in [0.25, 0.3) is 11.8 Å². The maximum absolute atomic E-state index is 14.5. The lowest BCUT2D eigenvalue weighted by Gasteiger charge is -2.34. The van der Waals surface area contributed by atoms with E-state index in [9.17, 15) is 72.0 Å². The molecule has 6 rings (SSSR count). The fourth-order valence-corrected chi connectivity index (χ4v) is 12.4. The first kappa shape index (κ1) is 75.1. The van der Waals surface area contributed by atoms with Crippen molar-refractivity contribution in [2.45, 2.75) is 95.2 Å². The van der Waals surface area contributed by atoms with Crippen LogP contribution in [0.1, 0.15) is 79.3 Å². The zero-order valence-electron chi connectivity index (χ0n) is 53.8. The van der Waals surface area contributed by atoms with E-state index in [1.807, 2.05) is 31.2 Å². The normalized spacial score (nSPS) is 17.9. The van der Waals surface area contributed by atoms with Gasteiger partial charge in [-0.25, -0.2) is 8.78 Å². The van der Waals surface area contributed by atoms with E-state index in [1.54, 1.807) is 42.7 Å². The predicted octanol–water partition coefficient (Wildman–Crippen LogP) is 1.88. The lowest BCUT2D eigenvalue weighted by atomic mass is 9.91. The molecule has 516 valence electrons. The second kappa shape index (κ2) is 38.4. The maximum Gasteiger partial charge on any atom is 0.317 e. The molecule has 27 nitrogen and oxygen atoms in total. The smallest absolute Gasteiger partial charge is 0.317 e. The Bertz CT molecular complexity index is 3060. The second-order valence-corrected chi connectivity index (χ2v) is 25.1. The molecule has 0 bridgehead atoms. The Kier molecular flexibility index (Phi) is 30.7. The van der Waals surface area contributed by atoms with Gasteiger partial charge in [0, 0.05) is 121 Å². The van der Waals surface area contributed by atoms with Crippen molar-refractivity contribution in [2.75, 3.05) is 144 Å². The highest BCUT2D eigenvalue weighted by molar-refractivity contribution is 7.99. The van der Waals surface area contributed by atoms with Crippen LogP contribution in [-0.2, 0) is 54.3 Å². The van der Waals surface area contributed by atoms with Crippen molar-refractivity contribution in [3.63, 3.8) is 0 Å². The number of methoxy groups -OCH3 is 1. The molecular formula is C64H90F2N12O15S. The first-order valence-corrected chi connectivity index (χ1v) is 32.9. The molecule has 3 aliphatic rings. The van der Waals surface area contributed by atoms with E-state index in [-0.39, 0.29) is 108 Å². The zero-order chi connectivity index (χ0) is 68.2. The Morgan fingerprint density at radius 2 is 1.37 bits per heavy atom. The zero-order valence-corrected chi connectivity index (χ0v) is 54.6. The summed E-state index contributed by atoms with van der Waals surface area (Å²) in [4.78, 5) is 148. The van der Waals surface area contributed by atoms with E-state index in [0.29, 0.717) is 74.2 Å². The number of aliphatic imine (C=N–C) groups is 1. The number of aliphatic carboxylic acids is 3. The molecule has 3 saturated heterocycles. The number of carbonyl (C=O) groups excluding carboxylic acids is 7. The van der Waals surface area contributed by atoms with Crippen molar-refractivity contribution in [1.29, 1.82) is 0 Å². The van der Waals surface area contributed by atoms with E-state index >= 15 is 0 Å². The van der Waals surface area contributed by atoms with Crippen LogP contribution in [0.15, 0.2) is 59.7 Å². The number of ether oxygens (including phenoxy) is 2.